The number of hydrogen-bond acceptors (Lipinski definition) is 4. The number of carbonyl (C=O) groups is 1. The van der Waals surface area contributed by atoms with Gasteiger partial charge in [0.2, 0.25) is 0 Å². The molecule has 0 radical (unpaired) electrons. The summed E-state index contributed by atoms with van der Waals surface area (Å²) in [6.07, 6.45) is -0.370. The van der Waals surface area contributed by atoms with Crippen LogP contribution >= 0.6 is 12.2 Å². The molecule has 24 heavy (non-hydrogen) atoms. The second-order valence-electron chi connectivity index (χ2n) is 7.86. The second kappa shape index (κ2) is 6.10. The molecule has 1 aromatic carbocycles. The highest BCUT2D eigenvalue weighted by molar-refractivity contribution is 7.80. The van der Waals surface area contributed by atoms with Gasteiger partial charge < -0.3 is 14.9 Å². The van der Waals surface area contributed by atoms with Gasteiger partial charge in [-0.2, -0.15) is 0 Å². The smallest absolute Gasteiger partial charge is 0.257 e. The number of rotatable bonds is 1. The van der Waals surface area contributed by atoms with E-state index in [1.54, 1.807) is 12.1 Å². The topological polar surface area (TPSA) is 55.8 Å². The van der Waals surface area contributed by atoms with Crippen molar-refractivity contribution in [3.05, 3.63) is 35.9 Å². The first-order chi connectivity index (χ1) is 11.2. The predicted molar refractivity (Wildman–Crippen MR) is 97.8 cm³/mol. The van der Waals surface area contributed by atoms with E-state index in [0.717, 1.165) is 13.1 Å². The molecular formula is C18H25N3O2S. The molecule has 0 spiro atoms. The Morgan fingerprint density at radius 2 is 1.71 bits per heavy atom. The Hall–Kier alpha value is -1.50. The molecule has 1 aromatic rings. The van der Waals surface area contributed by atoms with E-state index in [9.17, 15) is 9.90 Å². The minimum Gasteiger partial charge on any atom is -0.392 e. The van der Waals surface area contributed by atoms with Crippen LogP contribution in [0.15, 0.2) is 30.3 Å². The molecule has 2 aliphatic heterocycles. The van der Waals surface area contributed by atoms with Gasteiger partial charge in [-0.1, -0.05) is 32.0 Å². The Morgan fingerprint density at radius 1 is 1.17 bits per heavy atom. The Kier molecular flexibility index (Phi) is 4.40. The largest absolute Gasteiger partial charge is 0.392 e. The Labute approximate surface area is 148 Å². The van der Waals surface area contributed by atoms with E-state index in [1.807, 2.05) is 23.1 Å². The van der Waals surface area contributed by atoms with Gasteiger partial charge in [-0.15, -0.1) is 0 Å². The summed E-state index contributed by atoms with van der Waals surface area (Å²) >= 11 is 5.49. The van der Waals surface area contributed by atoms with Gasteiger partial charge in [0.25, 0.3) is 5.91 Å². The fourth-order valence-electron chi connectivity index (χ4n) is 4.49. The SMILES string of the molecule is CN1C[C@@]2(C)CN(C(=S)NC(=O)c3ccccc3)C[C@@](C)(C1)C2O. The molecule has 0 aliphatic carbocycles. The van der Waals surface area contributed by atoms with E-state index in [4.69, 9.17) is 12.2 Å². The third kappa shape index (κ3) is 3.06. The first-order valence-corrected chi connectivity index (χ1v) is 8.66. The maximum Gasteiger partial charge on any atom is 0.257 e. The standard InChI is InChI=1S/C18H25N3O2S/c1-17-9-20(3)10-18(2,15(17)23)12-21(11-17)16(24)19-14(22)13-7-5-4-6-8-13/h4-8,15,23H,9-12H2,1-3H3,(H,19,22,24)/t15?,17-,18+. The molecule has 2 aliphatic rings. The molecule has 2 saturated heterocycles. The first kappa shape index (κ1) is 17.3. The van der Waals surface area contributed by atoms with Crippen molar-refractivity contribution in [2.45, 2.75) is 20.0 Å². The van der Waals surface area contributed by atoms with Crippen LogP contribution < -0.4 is 5.32 Å². The van der Waals surface area contributed by atoms with Crippen molar-refractivity contribution in [1.82, 2.24) is 15.1 Å². The number of likely N-dealkylation sites (tertiary alicyclic amines) is 2. The number of piperidine rings is 2. The Bertz CT molecular complexity index is 631. The molecular weight excluding hydrogens is 322 g/mol. The van der Waals surface area contributed by atoms with E-state index < -0.39 is 0 Å². The summed E-state index contributed by atoms with van der Waals surface area (Å²) in [4.78, 5) is 16.6. The summed E-state index contributed by atoms with van der Waals surface area (Å²) in [5, 5.41) is 14.1. The monoisotopic (exact) mass is 347 g/mol. The fraction of sp³-hybridized carbons (Fsp3) is 0.556. The number of aliphatic hydroxyl groups is 1. The Balaban J connectivity index is 1.74. The highest BCUT2D eigenvalue weighted by atomic mass is 32.1. The fourth-order valence-corrected chi connectivity index (χ4v) is 4.71. The van der Waals surface area contributed by atoms with Gasteiger partial charge >= 0.3 is 0 Å². The lowest BCUT2D eigenvalue weighted by Crippen LogP contribution is -2.71. The molecule has 6 heteroatoms. The summed E-state index contributed by atoms with van der Waals surface area (Å²) in [6, 6.07) is 9.07. The van der Waals surface area contributed by atoms with E-state index in [1.165, 1.54) is 0 Å². The van der Waals surface area contributed by atoms with Crippen LogP contribution in [-0.2, 0) is 0 Å². The Morgan fingerprint density at radius 3 is 2.25 bits per heavy atom. The van der Waals surface area contributed by atoms with Gasteiger partial charge in [-0.3, -0.25) is 10.1 Å². The zero-order chi connectivity index (χ0) is 17.5. The second-order valence-corrected chi connectivity index (χ2v) is 8.25. The summed E-state index contributed by atoms with van der Waals surface area (Å²) < 4.78 is 0. The summed E-state index contributed by atoms with van der Waals surface area (Å²) in [5.74, 6) is -0.190. The highest BCUT2D eigenvalue weighted by Gasteiger charge is 2.55. The number of nitrogens with zero attached hydrogens (tertiary/aromatic N) is 2. The van der Waals surface area contributed by atoms with E-state index in [2.05, 4.69) is 31.1 Å². The van der Waals surface area contributed by atoms with Crippen molar-refractivity contribution in [3.63, 3.8) is 0 Å². The number of hydrogen-bond donors (Lipinski definition) is 2. The number of aliphatic hydroxyl groups excluding tert-OH is 1. The van der Waals surface area contributed by atoms with Gasteiger partial charge in [-0.25, -0.2) is 0 Å². The van der Waals surface area contributed by atoms with Crippen LogP contribution in [0.3, 0.4) is 0 Å². The number of carbonyl (C=O) groups excluding carboxylic acids is 1. The minimum absolute atomic E-state index is 0.190. The van der Waals surface area contributed by atoms with Crippen molar-refractivity contribution in [2.75, 3.05) is 33.2 Å². The van der Waals surface area contributed by atoms with Crippen LogP contribution in [0.2, 0.25) is 0 Å². The number of fused-ring (bicyclic) bond motifs is 2. The molecule has 2 heterocycles. The molecule has 5 nitrogen and oxygen atoms in total. The molecule has 1 amide bonds. The molecule has 1 unspecified atom stereocenters. The van der Waals surface area contributed by atoms with E-state index in [0.29, 0.717) is 23.8 Å². The number of amides is 1. The normalized spacial score (nSPS) is 33.2. The predicted octanol–water partition coefficient (Wildman–Crippen LogP) is 1.34. The molecule has 2 bridgehead atoms. The zero-order valence-electron chi connectivity index (χ0n) is 14.5. The van der Waals surface area contributed by atoms with Crippen molar-refractivity contribution < 1.29 is 9.90 Å². The molecule has 130 valence electrons. The third-order valence-electron chi connectivity index (χ3n) is 5.23. The summed E-state index contributed by atoms with van der Waals surface area (Å²) in [7, 11) is 2.09. The van der Waals surface area contributed by atoms with Crippen LogP contribution in [0.25, 0.3) is 0 Å². The molecule has 3 rings (SSSR count). The van der Waals surface area contributed by atoms with E-state index >= 15 is 0 Å². The number of benzene rings is 1. The maximum absolute atomic E-state index is 12.3. The van der Waals surface area contributed by atoms with Crippen LogP contribution in [0.1, 0.15) is 24.2 Å². The lowest BCUT2D eigenvalue weighted by molar-refractivity contribution is -0.157. The highest BCUT2D eigenvalue weighted by Crippen LogP contribution is 2.45. The van der Waals surface area contributed by atoms with Crippen LogP contribution in [-0.4, -0.2) is 65.3 Å². The number of thiocarbonyl (C=S) groups is 1. The van der Waals surface area contributed by atoms with Gasteiger partial charge in [0.1, 0.15) is 0 Å². The molecule has 2 N–H and O–H groups in total. The van der Waals surface area contributed by atoms with Crippen LogP contribution in [0.4, 0.5) is 0 Å². The van der Waals surface area contributed by atoms with Gasteiger partial charge in [0.05, 0.1) is 6.10 Å². The third-order valence-corrected chi connectivity index (χ3v) is 5.59. The molecule has 0 aromatic heterocycles. The van der Waals surface area contributed by atoms with Gasteiger partial charge in [-0.05, 0) is 31.4 Å². The van der Waals surface area contributed by atoms with Crippen molar-refractivity contribution in [1.29, 1.82) is 0 Å². The summed E-state index contributed by atoms with van der Waals surface area (Å²) in [6.45, 7) is 7.10. The van der Waals surface area contributed by atoms with Gasteiger partial charge in [0, 0.05) is 42.6 Å². The van der Waals surface area contributed by atoms with Crippen molar-refractivity contribution >= 4 is 23.2 Å². The van der Waals surface area contributed by atoms with Gasteiger partial charge in [0.15, 0.2) is 5.11 Å². The first-order valence-electron chi connectivity index (χ1n) is 8.25. The molecule has 3 atom stereocenters. The van der Waals surface area contributed by atoms with Crippen molar-refractivity contribution in [2.24, 2.45) is 10.8 Å². The summed E-state index contributed by atoms with van der Waals surface area (Å²) in [5.41, 5.74) is 0.0672. The lowest BCUT2D eigenvalue weighted by Gasteiger charge is -2.59. The quantitative estimate of drug-likeness (QED) is 0.751. The molecule has 0 saturated carbocycles. The van der Waals surface area contributed by atoms with Crippen LogP contribution in [0, 0.1) is 10.8 Å². The minimum atomic E-state index is -0.370. The van der Waals surface area contributed by atoms with E-state index in [-0.39, 0.29) is 22.8 Å². The zero-order valence-corrected chi connectivity index (χ0v) is 15.3. The van der Waals surface area contributed by atoms with Crippen molar-refractivity contribution in [3.8, 4) is 0 Å². The average molecular weight is 347 g/mol. The molecule has 2 fully saturated rings. The lowest BCUT2D eigenvalue weighted by atomic mass is 9.63. The average Bonchev–Trinajstić information content (AvgIpc) is 2.51. The number of nitrogens with one attached hydrogen (secondary N) is 1. The maximum atomic E-state index is 12.3. The van der Waals surface area contributed by atoms with Crippen LogP contribution in [0.5, 0.6) is 0 Å².